The van der Waals surface area contributed by atoms with Crippen molar-refractivity contribution in [3.05, 3.63) is 59.5 Å². The number of benzene rings is 1. The molecule has 0 unspecified atom stereocenters. The maximum Gasteiger partial charge on any atom is 0.341 e. The summed E-state index contributed by atoms with van der Waals surface area (Å²) in [7, 11) is 1.36. The number of ether oxygens (including phenoxy) is 1. The van der Waals surface area contributed by atoms with Gasteiger partial charge < -0.3 is 14.5 Å². The molecule has 0 fully saturated rings. The van der Waals surface area contributed by atoms with E-state index in [1.807, 2.05) is 18.2 Å². The van der Waals surface area contributed by atoms with E-state index in [1.54, 1.807) is 6.07 Å². The molecular formula is C17H21NO3. The predicted octanol–water partition coefficient (Wildman–Crippen LogP) is 3.13. The molecule has 1 aromatic carbocycles. The van der Waals surface area contributed by atoms with Gasteiger partial charge in [0.15, 0.2) is 0 Å². The molecule has 0 aliphatic carbocycles. The number of rotatable bonds is 6. The molecule has 1 aromatic heterocycles. The summed E-state index contributed by atoms with van der Waals surface area (Å²) >= 11 is 0. The second-order valence-corrected chi connectivity index (χ2v) is 5.65. The van der Waals surface area contributed by atoms with Crippen LogP contribution in [0.1, 0.15) is 35.5 Å². The molecule has 0 bridgehead atoms. The maximum absolute atomic E-state index is 11.3. The molecular weight excluding hydrogens is 266 g/mol. The van der Waals surface area contributed by atoms with E-state index < -0.39 is 0 Å². The van der Waals surface area contributed by atoms with Crippen molar-refractivity contribution < 1.29 is 13.9 Å². The number of esters is 1. The van der Waals surface area contributed by atoms with E-state index in [1.165, 1.54) is 18.9 Å². The van der Waals surface area contributed by atoms with Gasteiger partial charge in [-0.1, -0.05) is 44.2 Å². The standard InChI is InChI=1S/C17H21NO3/c1-17(2,14-7-5-4-6-8-14)12-18-10-15-9-13(11-21-15)16(19)20-3/h4-9,11,18H,10,12H2,1-3H3. The van der Waals surface area contributed by atoms with Gasteiger partial charge in [0.1, 0.15) is 12.0 Å². The molecule has 0 atom stereocenters. The Bertz CT molecular complexity index is 587. The largest absolute Gasteiger partial charge is 0.467 e. The van der Waals surface area contributed by atoms with Crippen molar-refractivity contribution in [3.63, 3.8) is 0 Å². The predicted molar refractivity (Wildman–Crippen MR) is 81.2 cm³/mol. The molecule has 0 amide bonds. The van der Waals surface area contributed by atoms with Gasteiger partial charge in [-0.05, 0) is 11.6 Å². The third-order valence-electron chi connectivity index (χ3n) is 3.50. The van der Waals surface area contributed by atoms with Crippen molar-refractivity contribution in [2.24, 2.45) is 0 Å². The SMILES string of the molecule is COC(=O)c1coc(CNCC(C)(C)c2ccccc2)c1. The van der Waals surface area contributed by atoms with Gasteiger partial charge in [0.2, 0.25) is 0 Å². The summed E-state index contributed by atoms with van der Waals surface area (Å²) in [6.45, 7) is 5.77. The number of furan rings is 1. The van der Waals surface area contributed by atoms with Crippen molar-refractivity contribution in [2.75, 3.05) is 13.7 Å². The van der Waals surface area contributed by atoms with Gasteiger partial charge >= 0.3 is 5.97 Å². The molecule has 1 N–H and O–H groups in total. The molecule has 0 saturated heterocycles. The zero-order valence-electron chi connectivity index (χ0n) is 12.7. The number of carbonyl (C=O) groups excluding carboxylic acids is 1. The summed E-state index contributed by atoms with van der Waals surface area (Å²) in [5.74, 6) is 0.342. The Kier molecular flexibility index (Phi) is 4.81. The van der Waals surface area contributed by atoms with Crippen LogP contribution in [0.4, 0.5) is 0 Å². The van der Waals surface area contributed by atoms with Crippen molar-refractivity contribution in [2.45, 2.75) is 25.8 Å². The van der Waals surface area contributed by atoms with E-state index in [-0.39, 0.29) is 11.4 Å². The lowest BCUT2D eigenvalue weighted by molar-refractivity contribution is 0.0600. The summed E-state index contributed by atoms with van der Waals surface area (Å²) in [5, 5.41) is 3.36. The maximum atomic E-state index is 11.3. The molecule has 2 aromatic rings. The van der Waals surface area contributed by atoms with Gasteiger partial charge in [0, 0.05) is 12.0 Å². The lowest BCUT2D eigenvalue weighted by Crippen LogP contribution is -2.32. The van der Waals surface area contributed by atoms with E-state index >= 15 is 0 Å². The molecule has 21 heavy (non-hydrogen) atoms. The van der Waals surface area contributed by atoms with Gasteiger partial charge in [0.05, 0.1) is 19.2 Å². The molecule has 0 saturated carbocycles. The van der Waals surface area contributed by atoms with Crippen molar-refractivity contribution >= 4 is 5.97 Å². The van der Waals surface area contributed by atoms with Gasteiger partial charge in [-0.2, -0.15) is 0 Å². The Morgan fingerprint density at radius 2 is 2.00 bits per heavy atom. The normalized spacial score (nSPS) is 11.4. The quantitative estimate of drug-likeness (QED) is 0.829. The molecule has 2 rings (SSSR count). The summed E-state index contributed by atoms with van der Waals surface area (Å²) in [5.41, 5.74) is 1.75. The van der Waals surface area contributed by atoms with Gasteiger partial charge in [-0.3, -0.25) is 0 Å². The Morgan fingerprint density at radius 1 is 1.29 bits per heavy atom. The Hall–Kier alpha value is -2.07. The second-order valence-electron chi connectivity index (χ2n) is 5.65. The van der Waals surface area contributed by atoms with Crippen molar-refractivity contribution in [1.82, 2.24) is 5.32 Å². The van der Waals surface area contributed by atoms with E-state index in [4.69, 9.17) is 4.42 Å². The van der Waals surface area contributed by atoms with E-state index in [2.05, 4.69) is 36.0 Å². The second kappa shape index (κ2) is 6.59. The first-order valence-corrected chi connectivity index (χ1v) is 6.95. The molecule has 0 aliphatic rings. The highest BCUT2D eigenvalue weighted by atomic mass is 16.5. The first kappa shape index (κ1) is 15.3. The summed E-state index contributed by atoms with van der Waals surface area (Å²) in [4.78, 5) is 11.3. The van der Waals surface area contributed by atoms with Gasteiger partial charge in [-0.25, -0.2) is 4.79 Å². The first-order chi connectivity index (χ1) is 10.0. The van der Waals surface area contributed by atoms with Crippen LogP contribution < -0.4 is 5.32 Å². The van der Waals surface area contributed by atoms with Gasteiger partial charge in [-0.15, -0.1) is 0 Å². The average Bonchev–Trinajstić information content (AvgIpc) is 2.96. The fourth-order valence-electron chi connectivity index (χ4n) is 2.19. The van der Waals surface area contributed by atoms with Crippen LogP contribution in [-0.4, -0.2) is 19.6 Å². The minimum atomic E-state index is -0.380. The highest BCUT2D eigenvalue weighted by Crippen LogP contribution is 2.21. The topological polar surface area (TPSA) is 51.5 Å². The van der Waals surface area contributed by atoms with Crippen LogP contribution in [0.25, 0.3) is 0 Å². The lowest BCUT2D eigenvalue weighted by Gasteiger charge is -2.25. The highest BCUT2D eigenvalue weighted by molar-refractivity contribution is 5.88. The van der Waals surface area contributed by atoms with Crippen LogP contribution in [0, 0.1) is 0 Å². The fraction of sp³-hybridized carbons (Fsp3) is 0.353. The third-order valence-corrected chi connectivity index (χ3v) is 3.50. The minimum Gasteiger partial charge on any atom is -0.467 e. The van der Waals surface area contributed by atoms with Crippen molar-refractivity contribution in [3.8, 4) is 0 Å². The monoisotopic (exact) mass is 287 g/mol. The van der Waals surface area contributed by atoms with E-state index in [0.717, 1.165) is 12.3 Å². The molecule has 1 heterocycles. The van der Waals surface area contributed by atoms with Crippen LogP contribution in [0.3, 0.4) is 0 Å². The van der Waals surface area contributed by atoms with Crippen LogP contribution in [0.2, 0.25) is 0 Å². The number of methoxy groups -OCH3 is 1. The Balaban J connectivity index is 1.89. The lowest BCUT2D eigenvalue weighted by atomic mass is 9.84. The summed E-state index contributed by atoms with van der Waals surface area (Å²) < 4.78 is 9.99. The zero-order valence-corrected chi connectivity index (χ0v) is 12.7. The third kappa shape index (κ3) is 3.95. The minimum absolute atomic E-state index is 0.0268. The average molecular weight is 287 g/mol. The Labute approximate surface area is 125 Å². The van der Waals surface area contributed by atoms with Crippen LogP contribution in [0.5, 0.6) is 0 Å². The number of hydrogen-bond acceptors (Lipinski definition) is 4. The molecule has 4 heteroatoms. The van der Waals surface area contributed by atoms with E-state index in [0.29, 0.717) is 12.1 Å². The molecule has 0 radical (unpaired) electrons. The molecule has 112 valence electrons. The fourth-order valence-corrected chi connectivity index (χ4v) is 2.19. The van der Waals surface area contributed by atoms with Crippen LogP contribution >= 0.6 is 0 Å². The van der Waals surface area contributed by atoms with Crippen molar-refractivity contribution in [1.29, 1.82) is 0 Å². The molecule has 4 nitrogen and oxygen atoms in total. The molecule has 0 spiro atoms. The van der Waals surface area contributed by atoms with E-state index in [9.17, 15) is 4.79 Å². The smallest absolute Gasteiger partial charge is 0.341 e. The number of hydrogen-bond donors (Lipinski definition) is 1. The Morgan fingerprint density at radius 3 is 2.67 bits per heavy atom. The molecule has 0 aliphatic heterocycles. The number of nitrogens with one attached hydrogen (secondary N) is 1. The summed E-state index contributed by atoms with van der Waals surface area (Å²) in [6.07, 6.45) is 1.42. The van der Waals surface area contributed by atoms with Gasteiger partial charge in [0.25, 0.3) is 0 Å². The first-order valence-electron chi connectivity index (χ1n) is 6.95. The van der Waals surface area contributed by atoms with Crippen LogP contribution in [-0.2, 0) is 16.7 Å². The number of carbonyl (C=O) groups is 1. The van der Waals surface area contributed by atoms with Crippen LogP contribution in [0.15, 0.2) is 47.1 Å². The summed E-state index contributed by atoms with van der Waals surface area (Å²) in [6, 6.07) is 12.1. The zero-order chi connectivity index (χ0) is 15.3. The highest BCUT2D eigenvalue weighted by Gasteiger charge is 2.20.